The number of fused-ring (bicyclic) bond motifs is 1. The molecule has 104 valence electrons. The van der Waals surface area contributed by atoms with E-state index in [-0.39, 0.29) is 0 Å². The number of benzene rings is 2. The monoisotopic (exact) mass is 269 g/mol. The second-order valence-corrected chi connectivity index (χ2v) is 5.53. The molecule has 1 fully saturated rings. The lowest BCUT2D eigenvalue weighted by atomic mass is 10.0. The third-order valence-corrected chi connectivity index (χ3v) is 4.38. The molecule has 1 aliphatic rings. The molecule has 0 radical (unpaired) electrons. The largest absolute Gasteiger partial charge is 0.478 e. The van der Waals surface area contributed by atoms with Gasteiger partial charge in [0.1, 0.15) is 0 Å². The van der Waals surface area contributed by atoms with Crippen LogP contribution in [0.4, 0.5) is 5.69 Å². The Kier molecular flexibility index (Phi) is 3.35. The molecule has 0 unspecified atom stereocenters. The van der Waals surface area contributed by atoms with Crippen molar-refractivity contribution in [2.24, 2.45) is 0 Å². The zero-order chi connectivity index (χ0) is 14.1. The number of nitrogens with zero attached hydrogens (tertiary/aromatic N) is 1. The van der Waals surface area contributed by atoms with Crippen molar-refractivity contribution in [2.45, 2.75) is 31.7 Å². The van der Waals surface area contributed by atoms with E-state index >= 15 is 0 Å². The van der Waals surface area contributed by atoms with Gasteiger partial charge in [-0.05, 0) is 30.4 Å². The molecule has 3 heteroatoms. The van der Waals surface area contributed by atoms with Crippen molar-refractivity contribution >= 4 is 22.4 Å². The third kappa shape index (κ3) is 2.13. The van der Waals surface area contributed by atoms with Crippen LogP contribution < -0.4 is 4.90 Å². The van der Waals surface area contributed by atoms with Crippen molar-refractivity contribution in [2.75, 3.05) is 11.9 Å². The number of hydrogen-bond donors (Lipinski definition) is 1. The molecule has 3 rings (SSSR count). The molecule has 1 saturated carbocycles. The maximum Gasteiger partial charge on any atom is 0.336 e. The van der Waals surface area contributed by atoms with Gasteiger partial charge in [-0.1, -0.05) is 37.1 Å². The number of carboxylic acids is 1. The first-order valence-electron chi connectivity index (χ1n) is 7.16. The van der Waals surface area contributed by atoms with Crippen LogP contribution in [0.1, 0.15) is 36.0 Å². The van der Waals surface area contributed by atoms with E-state index in [4.69, 9.17) is 0 Å². The van der Waals surface area contributed by atoms with Crippen LogP contribution in [0.5, 0.6) is 0 Å². The quantitative estimate of drug-likeness (QED) is 0.918. The van der Waals surface area contributed by atoms with Crippen molar-refractivity contribution in [1.29, 1.82) is 0 Å². The highest BCUT2D eigenvalue weighted by Gasteiger charge is 2.22. The first kappa shape index (κ1) is 13.0. The van der Waals surface area contributed by atoms with Gasteiger partial charge < -0.3 is 10.0 Å². The van der Waals surface area contributed by atoms with Gasteiger partial charge >= 0.3 is 5.97 Å². The number of hydrogen-bond acceptors (Lipinski definition) is 2. The Bertz CT molecular complexity index is 644. The molecule has 0 bridgehead atoms. The van der Waals surface area contributed by atoms with Crippen molar-refractivity contribution in [3.63, 3.8) is 0 Å². The van der Waals surface area contributed by atoms with E-state index in [9.17, 15) is 9.90 Å². The minimum absolute atomic E-state index is 0.379. The molecule has 0 amide bonds. The maximum atomic E-state index is 11.3. The minimum Gasteiger partial charge on any atom is -0.478 e. The first-order chi connectivity index (χ1) is 9.68. The molecular weight excluding hydrogens is 250 g/mol. The predicted octanol–water partition coefficient (Wildman–Crippen LogP) is 3.92. The highest BCUT2D eigenvalue weighted by Crippen LogP contribution is 2.33. The summed E-state index contributed by atoms with van der Waals surface area (Å²) in [6, 6.07) is 12.0. The van der Waals surface area contributed by atoms with Gasteiger partial charge in [0, 0.05) is 24.2 Å². The Hall–Kier alpha value is -2.03. The number of rotatable bonds is 3. The Morgan fingerprint density at radius 1 is 1.10 bits per heavy atom. The summed E-state index contributed by atoms with van der Waals surface area (Å²) in [5.74, 6) is -0.865. The van der Waals surface area contributed by atoms with Crippen molar-refractivity contribution < 1.29 is 9.90 Å². The number of carboxylic acid groups (broad SMARTS) is 1. The van der Waals surface area contributed by atoms with Gasteiger partial charge in [-0.3, -0.25) is 0 Å². The van der Waals surface area contributed by atoms with Gasteiger partial charge in [-0.25, -0.2) is 4.79 Å². The van der Waals surface area contributed by atoms with E-state index in [1.165, 1.54) is 25.7 Å². The fraction of sp³-hybridized carbons (Fsp3) is 0.353. The van der Waals surface area contributed by atoms with Crippen molar-refractivity contribution in [1.82, 2.24) is 0 Å². The molecule has 3 nitrogen and oxygen atoms in total. The van der Waals surface area contributed by atoms with Gasteiger partial charge in [0.25, 0.3) is 0 Å². The summed E-state index contributed by atoms with van der Waals surface area (Å²) in [5.41, 5.74) is 1.52. The first-order valence-corrected chi connectivity index (χ1v) is 7.16. The van der Waals surface area contributed by atoms with Crippen LogP contribution in [-0.4, -0.2) is 24.2 Å². The Labute approximate surface area is 118 Å². The van der Waals surface area contributed by atoms with Crippen LogP contribution in [0.2, 0.25) is 0 Å². The number of carbonyl (C=O) groups is 1. The van der Waals surface area contributed by atoms with Crippen LogP contribution in [0.3, 0.4) is 0 Å². The Morgan fingerprint density at radius 2 is 1.75 bits per heavy atom. The Balaban J connectivity index is 2.12. The van der Waals surface area contributed by atoms with Crippen molar-refractivity contribution in [3.8, 4) is 0 Å². The second-order valence-electron chi connectivity index (χ2n) is 5.53. The second kappa shape index (κ2) is 5.16. The van der Waals surface area contributed by atoms with Crippen molar-refractivity contribution in [3.05, 3.63) is 42.0 Å². The smallest absolute Gasteiger partial charge is 0.336 e. The van der Waals surface area contributed by atoms with Crippen LogP contribution in [-0.2, 0) is 0 Å². The lowest BCUT2D eigenvalue weighted by Crippen LogP contribution is -2.29. The lowest BCUT2D eigenvalue weighted by Gasteiger charge is -2.28. The zero-order valence-corrected chi connectivity index (χ0v) is 11.7. The highest BCUT2D eigenvalue weighted by atomic mass is 16.4. The van der Waals surface area contributed by atoms with E-state index in [0.29, 0.717) is 11.6 Å². The summed E-state index contributed by atoms with van der Waals surface area (Å²) in [6.07, 6.45) is 5.04. The molecule has 0 aliphatic heterocycles. The standard InChI is InChI=1S/C17H19NO2/c1-18(12-6-2-3-7-12)16-11-10-15(17(19)20)13-8-4-5-9-14(13)16/h4-5,8-12H,2-3,6-7H2,1H3,(H,19,20). The van der Waals surface area contributed by atoms with E-state index in [2.05, 4.69) is 11.9 Å². The van der Waals surface area contributed by atoms with E-state index in [0.717, 1.165) is 16.5 Å². The molecule has 20 heavy (non-hydrogen) atoms. The van der Waals surface area contributed by atoms with Crippen LogP contribution >= 0.6 is 0 Å². The summed E-state index contributed by atoms with van der Waals surface area (Å²) >= 11 is 0. The number of anilines is 1. The summed E-state index contributed by atoms with van der Waals surface area (Å²) in [7, 11) is 2.12. The predicted molar refractivity (Wildman–Crippen MR) is 81.6 cm³/mol. The highest BCUT2D eigenvalue weighted by molar-refractivity contribution is 6.07. The van der Waals surface area contributed by atoms with Gasteiger partial charge in [-0.15, -0.1) is 0 Å². The van der Waals surface area contributed by atoms with E-state index in [1.54, 1.807) is 6.07 Å². The van der Waals surface area contributed by atoms with Gasteiger partial charge in [0.05, 0.1) is 5.56 Å². The molecular formula is C17H19NO2. The molecule has 2 aromatic carbocycles. The summed E-state index contributed by atoms with van der Waals surface area (Å²) < 4.78 is 0. The molecule has 1 aliphatic carbocycles. The molecule has 0 atom stereocenters. The molecule has 1 N–H and O–H groups in total. The normalized spacial score (nSPS) is 15.7. The van der Waals surface area contributed by atoms with Crippen LogP contribution in [0.25, 0.3) is 10.8 Å². The summed E-state index contributed by atoms with van der Waals surface area (Å²) in [6.45, 7) is 0. The fourth-order valence-corrected chi connectivity index (χ4v) is 3.27. The van der Waals surface area contributed by atoms with E-state index in [1.807, 2.05) is 30.3 Å². The van der Waals surface area contributed by atoms with Gasteiger partial charge in [0.2, 0.25) is 0 Å². The summed E-state index contributed by atoms with van der Waals surface area (Å²) in [5, 5.41) is 11.2. The minimum atomic E-state index is -0.865. The van der Waals surface area contributed by atoms with Gasteiger partial charge in [-0.2, -0.15) is 0 Å². The van der Waals surface area contributed by atoms with Gasteiger partial charge in [0.15, 0.2) is 0 Å². The fourth-order valence-electron chi connectivity index (χ4n) is 3.27. The average Bonchev–Trinajstić information content (AvgIpc) is 2.99. The van der Waals surface area contributed by atoms with Crippen LogP contribution in [0, 0.1) is 0 Å². The van der Waals surface area contributed by atoms with E-state index < -0.39 is 5.97 Å². The molecule has 2 aromatic rings. The molecule has 0 heterocycles. The maximum absolute atomic E-state index is 11.3. The molecule has 0 aromatic heterocycles. The molecule has 0 spiro atoms. The van der Waals surface area contributed by atoms with Crippen LogP contribution in [0.15, 0.2) is 36.4 Å². The lowest BCUT2D eigenvalue weighted by molar-refractivity contribution is 0.0699. The average molecular weight is 269 g/mol. The third-order valence-electron chi connectivity index (χ3n) is 4.38. The molecule has 0 saturated heterocycles. The zero-order valence-electron chi connectivity index (χ0n) is 11.7. The number of aromatic carboxylic acids is 1. The Morgan fingerprint density at radius 3 is 2.40 bits per heavy atom. The SMILES string of the molecule is CN(c1ccc(C(=O)O)c2ccccc12)C1CCCC1. The summed E-state index contributed by atoms with van der Waals surface area (Å²) in [4.78, 5) is 13.7. The topological polar surface area (TPSA) is 40.5 Å².